The van der Waals surface area contributed by atoms with E-state index in [9.17, 15) is 14.5 Å². The van der Waals surface area contributed by atoms with Gasteiger partial charge in [0.05, 0.1) is 17.1 Å². The van der Waals surface area contributed by atoms with Crippen molar-refractivity contribution in [3.63, 3.8) is 0 Å². The standard InChI is InChI=1S/C14H12ClFN2O3/c1-21-14-5-2-9(6-11(14)15)8-17-12-7-10(16)3-4-13(12)18(19)20/h2-7,17H,8H2,1H3. The van der Waals surface area contributed by atoms with Crippen molar-refractivity contribution in [1.29, 1.82) is 0 Å². The number of rotatable bonds is 5. The summed E-state index contributed by atoms with van der Waals surface area (Å²) in [6.45, 7) is 0.272. The molecule has 1 N–H and O–H groups in total. The molecule has 0 unspecified atom stereocenters. The van der Waals surface area contributed by atoms with E-state index in [1.807, 2.05) is 0 Å². The van der Waals surface area contributed by atoms with Gasteiger partial charge in [-0.1, -0.05) is 17.7 Å². The van der Waals surface area contributed by atoms with Gasteiger partial charge < -0.3 is 10.1 Å². The van der Waals surface area contributed by atoms with E-state index in [0.29, 0.717) is 10.8 Å². The van der Waals surface area contributed by atoms with Gasteiger partial charge in [-0.05, 0) is 23.8 Å². The van der Waals surface area contributed by atoms with Crippen LogP contribution in [-0.4, -0.2) is 12.0 Å². The zero-order valence-corrected chi connectivity index (χ0v) is 11.9. The van der Waals surface area contributed by atoms with Gasteiger partial charge in [0, 0.05) is 18.7 Å². The summed E-state index contributed by atoms with van der Waals surface area (Å²) in [5, 5.41) is 14.2. The van der Waals surface area contributed by atoms with Crippen molar-refractivity contribution in [1.82, 2.24) is 0 Å². The Bertz CT molecular complexity index is 679. The van der Waals surface area contributed by atoms with Crippen LogP contribution in [0.2, 0.25) is 5.02 Å². The molecule has 110 valence electrons. The van der Waals surface area contributed by atoms with Crippen molar-refractivity contribution in [3.8, 4) is 5.75 Å². The van der Waals surface area contributed by atoms with Gasteiger partial charge >= 0.3 is 0 Å². The average Bonchev–Trinajstić information content (AvgIpc) is 2.45. The van der Waals surface area contributed by atoms with E-state index < -0.39 is 10.7 Å². The van der Waals surface area contributed by atoms with Crippen LogP contribution in [0.4, 0.5) is 15.8 Å². The molecule has 0 fully saturated rings. The SMILES string of the molecule is COc1ccc(CNc2cc(F)ccc2[N+](=O)[O-])cc1Cl. The van der Waals surface area contributed by atoms with E-state index in [-0.39, 0.29) is 17.9 Å². The van der Waals surface area contributed by atoms with Crippen LogP contribution < -0.4 is 10.1 Å². The van der Waals surface area contributed by atoms with Crippen LogP contribution in [0, 0.1) is 15.9 Å². The largest absolute Gasteiger partial charge is 0.495 e. The lowest BCUT2D eigenvalue weighted by Gasteiger charge is -2.09. The van der Waals surface area contributed by atoms with Crippen LogP contribution in [0.5, 0.6) is 5.75 Å². The molecule has 0 saturated carbocycles. The molecule has 0 bridgehead atoms. The summed E-state index contributed by atoms with van der Waals surface area (Å²) in [7, 11) is 1.51. The van der Waals surface area contributed by atoms with Gasteiger partial charge in [0.15, 0.2) is 0 Å². The quantitative estimate of drug-likeness (QED) is 0.669. The normalized spacial score (nSPS) is 10.2. The summed E-state index contributed by atoms with van der Waals surface area (Å²) >= 11 is 6.00. The van der Waals surface area contributed by atoms with Crippen molar-refractivity contribution in [2.24, 2.45) is 0 Å². The first-order valence-electron chi connectivity index (χ1n) is 6.01. The molecule has 2 aromatic rings. The Kier molecular flexibility index (Phi) is 4.59. The number of nitro groups is 1. The first-order chi connectivity index (χ1) is 10.0. The fourth-order valence-corrected chi connectivity index (χ4v) is 2.11. The number of nitrogens with zero attached hydrogens (tertiary/aromatic N) is 1. The zero-order valence-electron chi connectivity index (χ0n) is 11.1. The van der Waals surface area contributed by atoms with Crippen LogP contribution in [0.25, 0.3) is 0 Å². The summed E-state index contributed by atoms with van der Waals surface area (Å²) in [6, 6.07) is 8.40. The van der Waals surface area contributed by atoms with E-state index in [1.54, 1.807) is 18.2 Å². The monoisotopic (exact) mass is 310 g/mol. The molecule has 0 aromatic heterocycles. The molecule has 2 aromatic carbocycles. The third-order valence-electron chi connectivity index (χ3n) is 2.85. The minimum absolute atomic E-state index is 0.118. The van der Waals surface area contributed by atoms with Gasteiger partial charge in [0.25, 0.3) is 5.69 Å². The third kappa shape index (κ3) is 3.61. The van der Waals surface area contributed by atoms with Crippen molar-refractivity contribution in [3.05, 3.63) is 62.9 Å². The molecule has 0 spiro atoms. The van der Waals surface area contributed by atoms with Crippen molar-refractivity contribution in [2.45, 2.75) is 6.54 Å². The Morgan fingerprint density at radius 3 is 2.71 bits per heavy atom. The van der Waals surface area contributed by atoms with Crippen LogP contribution >= 0.6 is 11.6 Å². The number of halogens is 2. The van der Waals surface area contributed by atoms with E-state index in [4.69, 9.17) is 16.3 Å². The Morgan fingerprint density at radius 2 is 2.10 bits per heavy atom. The topological polar surface area (TPSA) is 64.4 Å². The Balaban J connectivity index is 2.18. The summed E-state index contributed by atoms with van der Waals surface area (Å²) in [4.78, 5) is 10.3. The summed E-state index contributed by atoms with van der Waals surface area (Å²) in [5.74, 6) is -0.00647. The maximum atomic E-state index is 13.2. The molecule has 0 amide bonds. The Labute approximate surface area is 125 Å². The molecule has 0 aliphatic carbocycles. The van der Waals surface area contributed by atoms with Gasteiger partial charge in [-0.3, -0.25) is 10.1 Å². The van der Waals surface area contributed by atoms with Crippen LogP contribution in [0.1, 0.15) is 5.56 Å². The number of benzene rings is 2. The van der Waals surface area contributed by atoms with E-state index in [2.05, 4.69) is 5.32 Å². The molecule has 0 atom stereocenters. The number of nitro benzene ring substituents is 1. The lowest BCUT2D eigenvalue weighted by Crippen LogP contribution is -2.03. The number of hydrogen-bond acceptors (Lipinski definition) is 4. The number of ether oxygens (including phenoxy) is 1. The van der Waals surface area contributed by atoms with E-state index >= 15 is 0 Å². The first kappa shape index (κ1) is 15.1. The molecular weight excluding hydrogens is 299 g/mol. The van der Waals surface area contributed by atoms with Crippen molar-refractivity contribution >= 4 is 23.0 Å². The molecule has 0 radical (unpaired) electrons. The fourth-order valence-electron chi connectivity index (χ4n) is 1.83. The van der Waals surface area contributed by atoms with Crippen LogP contribution in [-0.2, 0) is 6.54 Å². The second-order valence-electron chi connectivity index (χ2n) is 4.24. The van der Waals surface area contributed by atoms with Crippen molar-refractivity contribution < 1.29 is 14.1 Å². The zero-order chi connectivity index (χ0) is 15.4. The molecule has 0 saturated heterocycles. The van der Waals surface area contributed by atoms with Gasteiger partial charge in [-0.15, -0.1) is 0 Å². The molecule has 0 aliphatic heterocycles. The molecule has 5 nitrogen and oxygen atoms in total. The highest BCUT2D eigenvalue weighted by atomic mass is 35.5. The fraction of sp³-hybridized carbons (Fsp3) is 0.143. The smallest absolute Gasteiger partial charge is 0.292 e. The molecule has 0 heterocycles. The third-order valence-corrected chi connectivity index (χ3v) is 3.15. The van der Waals surface area contributed by atoms with E-state index in [1.165, 1.54) is 7.11 Å². The number of anilines is 1. The molecule has 2 rings (SSSR count). The Hall–Kier alpha value is -2.34. The number of nitrogens with one attached hydrogen (secondary N) is 1. The van der Waals surface area contributed by atoms with Gasteiger partial charge in [-0.25, -0.2) is 4.39 Å². The molecule has 21 heavy (non-hydrogen) atoms. The Morgan fingerprint density at radius 1 is 1.33 bits per heavy atom. The lowest BCUT2D eigenvalue weighted by atomic mass is 10.2. The minimum Gasteiger partial charge on any atom is -0.495 e. The highest BCUT2D eigenvalue weighted by molar-refractivity contribution is 6.32. The summed E-state index contributed by atoms with van der Waals surface area (Å²) < 4.78 is 18.2. The summed E-state index contributed by atoms with van der Waals surface area (Å²) in [5.41, 5.74) is 0.724. The molecule has 7 heteroatoms. The second-order valence-corrected chi connectivity index (χ2v) is 4.65. The highest BCUT2D eigenvalue weighted by Gasteiger charge is 2.14. The minimum atomic E-state index is -0.567. The molecular formula is C14H12ClFN2O3. The van der Waals surface area contributed by atoms with Gasteiger partial charge in [-0.2, -0.15) is 0 Å². The summed E-state index contributed by atoms with van der Waals surface area (Å²) in [6.07, 6.45) is 0. The van der Waals surface area contributed by atoms with Gasteiger partial charge in [0.2, 0.25) is 0 Å². The number of hydrogen-bond donors (Lipinski definition) is 1. The predicted molar refractivity (Wildman–Crippen MR) is 78.4 cm³/mol. The predicted octanol–water partition coefficient (Wildman–Crippen LogP) is 4.01. The van der Waals surface area contributed by atoms with Crippen LogP contribution in [0.3, 0.4) is 0 Å². The van der Waals surface area contributed by atoms with E-state index in [0.717, 1.165) is 23.8 Å². The average molecular weight is 311 g/mol. The van der Waals surface area contributed by atoms with Crippen molar-refractivity contribution in [2.75, 3.05) is 12.4 Å². The van der Waals surface area contributed by atoms with Gasteiger partial charge in [0.1, 0.15) is 17.3 Å². The maximum absolute atomic E-state index is 13.2. The highest BCUT2D eigenvalue weighted by Crippen LogP contribution is 2.27. The molecule has 0 aliphatic rings. The second kappa shape index (κ2) is 6.41. The first-order valence-corrected chi connectivity index (χ1v) is 6.39. The lowest BCUT2D eigenvalue weighted by molar-refractivity contribution is -0.384. The number of methoxy groups -OCH3 is 1. The maximum Gasteiger partial charge on any atom is 0.292 e. The van der Waals surface area contributed by atoms with Crippen LogP contribution in [0.15, 0.2) is 36.4 Å².